The molecule has 0 radical (unpaired) electrons. The van der Waals surface area contributed by atoms with Gasteiger partial charge in [0.25, 0.3) is 5.91 Å². The number of carboxylic acid groups (broad SMARTS) is 1. The van der Waals surface area contributed by atoms with Gasteiger partial charge in [0.05, 0.1) is 16.2 Å². The number of aromatic carboxylic acids is 1. The molecule has 37 heavy (non-hydrogen) atoms. The van der Waals surface area contributed by atoms with E-state index >= 15 is 0 Å². The molecule has 1 fully saturated rings. The van der Waals surface area contributed by atoms with Crippen molar-refractivity contribution in [2.24, 2.45) is 4.99 Å². The summed E-state index contributed by atoms with van der Waals surface area (Å²) in [6.07, 6.45) is 2.45. The fraction of sp³-hybridized carbons (Fsp3) is 0.100. The SMILES string of the molecule is Cc1cc(C(=O)O)ccc1-c1ccc(/C=C2\SC(=Nc3ccccc3)N(CCc3ccccc3)C2=O)o1. The van der Waals surface area contributed by atoms with Crippen molar-refractivity contribution in [3.63, 3.8) is 0 Å². The lowest BCUT2D eigenvalue weighted by Crippen LogP contribution is -2.31. The van der Waals surface area contributed by atoms with Gasteiger partial charge in [-0.15, -0.1) is 0 Å². The lowest BCUT2D eigenvalue weighted by Gasteiger charge is -2.15. The predicted molar refractivity (Wildman–Crippen MR) is 147 cm³/mol. The zero-order valence-electron chi connectivity index (χ0n) is 20.1. The van der Waals surface area contributed by atoms with Crippen LogP contribution in [0.5, 0.6) is 0 Å². The second-order valence-electron chi connectivity index (χ2n) is 8.57. The molecular formula is C30H24N2O4S. The minimum atomic E-state index is -0.971. The molecule has 0 saturated carbocycles. The van der Waals surface area contributed by atoms with Crippen LogP contribution in [0.1, 0.15) is 27.2 Å². The van der Waals surface area contributed by atoms with Crippen LogP contribution in [0.25, 0.3) is 17.4 Å². The summed E-state index contributed by atoms with van der Waals surface area (Å²) in [5, 5.41) is 9.85. The van der Waals surface area contributed by atoms with E-state index in [1.807, 2.05) is 73.7 Å². The average Bonchev–Trinajstić information content (AvgIpc) is 3.48. The van der Waals surface area contributed by atoms with E-state index in [1.165, 1.54) is 11.8 Å². The maximum atomic E-state index is 13.4. The van der Waals surface area contributed by atoms with Crippen LogP contribution in [0, 0.1) is 6.92 Å². The second kappa shape index (κ2) is 10.7. The number of carbonyl (C=O) groups excluding carboxylic acids is 1. The number of amides is 1. The van der Waals surface area contributed by atoms with Crippen LogP contribution in [0.4, 0.5) is 5.69 Å². The van der Waals surface area contributed by atoms with Crippen molar-refractivity contribution in [1.82, 2.24) is 4.90 Å². The number of nitrogens with zero attached hydrogens (tertiary/aromatic N) is 2. The third-order valence-corrected chi connectivity index (χ3v) is 6.98. The molecule has 0 atom stereocenters. The van der Waals surface area contributed by atoms with Gasteiger partial charge in [-0.2, -0.15) is 0 Å². The van der Waals surface area contributed by atoms with Gasteiger partial charge in [-0.25, -0.2) is 9.79 Å². The van der Waals surface area contributed by atoms with Crippen LogP contribution < -0.4 is 0 Å². The lowest BCUT2D eigenvalue weighted by molar-refractivity contribution is -0.122. The van der Waals surface area contributed by atoms with Crippen molar-refractivity contribution in [2.45, 2.75) is 13.3 Å². The Kier molecular flexibility index (Phi) is 7.05. The molecule has 1 aliphatic heterocycles. The summed E-state index contributed by atoms with van der Waals surface area (Å²) in [5.74, 6) is 0.0593. The summed E-state index contributed by atoms with van der Waals surface area (Å²) in [7, 11) is 0. The Bertz CT molecular complexity index is 1510. The van der Waals surface area contributed by atoms with E-state index in [2.05, 4.69) is 0 Å². The van der Waals surface area contributed by atoms with E-state index < -0.39 is 5.97 Å². The van der Waals surface area contributed by atoms with Crippen LogP contribution in [0.15, 0.2) is 105 Å². The number of hydrogen-bond acceptors (Lipinski definition) is 5. The molecule has 1 amide bonds. The van der Waals surface area contributed by atoms with Crippen LogP contribution >= 0.6 is 11.8 Å². The van der Waals surface area contributed by atoms with Crippen molar-refractivity contribution in [1.29, 1.82) is 0 Å². The molecule has 1 aliphatic rings. The maximum absolute atomic E-state index is 13.4. The Morgan fingerprint density at radius 1 is 1.00 bits per heavy atom. The fourth-order valence-electron chi connectivity index (χ4n) is 4.06. The van der Waals surface area contributed by atoms with Gasteiger partial charge in [-0.3, -0.25) is 9.69 Å². The van der Waals surface area contributed by atoms with Gasteiger partial charge in [0.1, 0.15) is 11.5 Å². The molecule has 0 spiro atoms. The van der Waals surface area contributed by atoms with Crippen molar-refractivity contribution in [2.75, 3.05) is 6.54 Å². The summed E-state index contributed by atoms with van der Waals surface area (Å²) >= 11 is 1.33. The third-order valence-electron chi connectivity index (χ3n) is 5.97. The molecule has 1 saturated heterocycles. The van der Waals surface area contributed by atoms with Gasteiger partial charge in [-0.1, -0.05) is 54.6 Å². The maximum Gasteiger partial charge on any atom is 0.335 e. The Morgan fingerprint density at radius 3 is 2.43 bits per heavy atom. The molecule has 0 unspecified atom stereocenters. The molecule has 6 nitrogen and oxygen atoms in total. The van der Waals surface area contributed by atoms with Gasteiger partial charge in [0.15, 0.2) is 5.17 Å². The number of rotatable bonds is 7. The van der Waals surface area contributed by atoms with E-state index in [9.17, 15) is 14.7 Å². The van der Waals surface area contributed by atoms with E-state index in [1.54, 1.807) is 35.2 Å². The minimum absolute atomic E-state index is 0.115. The van der Waals surface area contributed by atoms with Crippen molar-refractivity contribution < 1.29 is 19.1 Å². The monoisotopic (exact) mass is 508 g/mol. The quantitative estimate of drug-likeness (QED) is 0.278. The van der Waals surface area contributed by atoms with E-state index in [0.29, 0.717) is 34.6 Å². The third kappa shape index (κ3) is 5.57. The summed E-state index contributed by atoms with van der Waals surface area (Å²) in [4.78, 5) is 31.7. The number of hydrogen-bond donors (Lipinski definition) is 1. The Hall–Kier alpha value is -4.36. The molecule has 7 heteroatoms. The topological polar surface area (TPSA) is 83.1 Å². The fourth-order valence-corrected chi connectivity index (χ4v) is 5.07. The average molecular weight is 509 g/mol. The van der Waals surface area contributed by atoms with Crippen LogP contribution in [-0.4, -0.2) is 33.6 Å². The highest BCUT2D eigenvalue weighted by atomic mass is 32.2. The molecule has 0 bridgehead atoms. The number of aryl methyl sites for hydroxylation is 1. The number of thioether (sulfide) groups is 1. The number of amidine groups is 1. The predicted octanol–water partition coefficient (Wildman–Crippen LogP) is 6.80. The number of carboxylic acids is 1. The van der Waals surface area contributed by atoms with E-state index in [0.717, 1.165) is 22.4 Å². The highest BCUT2D eigenvalue weighted by molar-refractivity contribution is 8.18. The van der Waals surface area contributed by atoms with Crippen molar-refractivity contribution >= 4 is 40.6 Å². The molecule has 0 aliphatic carbocycles. The largest absolute Gasteiger partial charge is 0.478 e. The summed E-state index contributed by atoms with van der Waals surface area (Å²) in [6.45, 7) is 2.35. The van der Waals surface area contributed by atoms with Gasteiger partial charge in [0.2, 0.25) is 0 Å². The Balaban J connectivity index is 1.42. The summed E-state index contributed by atoms with van der Waals surface area (Å²) in [6, 6.07) is 28.2. The number of furan rings is 1. The lowest BCUT2D eigenvalue weighted by atomic mass is 10.0. The molecule has 1 N–H and O–H groups in total. The number of aliphatic imine (C=N–C) groups is 1. The van der Waals surface area contributed by atoms with Gasteiger partial charge in [-0.05, 0) is 72.6 Å². The van der Waals surface area contributed by atoms with Crippen LogP contribution in [0.3, 0.4) is 0 Å². The van der Waals surface area contributed by atoms with Crippen molar-refractivity contribution in [3.05, 3.63) is 118 Å². The number of para-hydroxylation sites is 1. The standard InChI is InChI=1S/C30H24N2O4S/c1-20-18-22(29(34)35)12-14-25(20)26-15-13-24(36-26)19-27-28(33)32(17-16-21-8-4-2-5-9-21)30(37-27)31-23-10-6-3-7-11-23/h2-15,18-19H,16-17H2,1H3,(H,34,35)/b27-19-,31-30?. The Morgan fingerprint density at radius 2 is 1.73 bits per heavy atom. The highest BCUT2D eigenvalue weighted by Crippen LogP contribution is 2.35. The molecule has 4 aromatic rings. The summed E-state index contributed by atoms with van der Waals surface area (Å²) < 4.78 is 6.03. The summed E-state index contributed by atoms with van der Waals surface area (Å²) in [5.41, 5.74) is 3.75. The van der Waals surface area contributed by atoms with Crippen molar-refractivity contribution in [3.8, 4) is 11.3 Å². The molecule has 184 valence electrons. The minimum Gasteiger partial charge on any atom is -0.478 e. The highest BCUT2D eigenvalue weighted by Gasteiger charge is 2.33. The first-order valence-corrected chi connectivity index (χ1v) is 12.6. The van der Waals surface area contributed by atoms with E-state index in [-0.39, 0.29) is 11.5 Å². The Labute approximate surface area is 219 Å². The first-order valence-electron chi connectivity index (χ1n) is 11.8. The van der Waals surface area contributed by atoms with Crippen LogP contribution in [0.2, 0.25) is 0 Å². The smallest absolute Gasteiger partial charge is 0.335 e. The zero-order valence-corrected chi connectivity index (χ0v) is 20.9. The molecule has 3 aromatic carbocycles. The van der Waals surface area contributed by atoms with Crippen LogP contribution in [-0.2, 0) is 11.2 Å². The molecule has 5 rings (SSSR count). The molecule has 1 aromatic heterocycles. The van der Waals surface area contributed by atoms with Gasteiger partial charge in [0, 0.05) is 18.2 Å². The van der Waals surface area contributed by atoms with Gasteiger partial charge >= 0.3 is 5.97 Å². The first kappa shape index (κ1) is 24.3. The molecule has 2 heterocycles. The normalized spacial score (nSPS) is 15.6. The van der Waals surface area contributed by atoms with E-state index in [4.69, 9.17) is 9.41 Å². The zero-order chi connectivity index (χ0) is 25.8. The van der Waals surface area contributed by atoms with Gasteiger partial charge < -0.3 is 9.52 Å². The number of carbonyl (C=O) groups is 2. The first-order chi connectivity index (χ1) is 18.0. The molecular weight excluding hydrogens is 484 g/mol. The number of benzene rings is 3. The second-order valence-corrected chi connectivity index (χ2v) is 9.58.